The lowest BCUT2D eigenvalue weighted by atomic mass is 9.90. The molecule has 1 fully saturated rings. The molecule has 1 aliphatic heterocycles. The van der Waals surface area contributed by atoms with Crippen LogP contribution in [-0.4, -0.2) is 41.8 Å². The van der Waals surface area contributed by atoms with Crippen molar-refractivity contribution in [1.82, 2.24) is 9.29 Å². The molecule has 2 atom stereocenters. The van der Waals surface area contributed by atoms with Gasteiger partial charge in [-0.3, -0.25) is 9.78 Å². The first-order valence-electron chi connectivity index (χ1n) is 10.4. The van der Waals surface area contributed by atoms with E-state index in [0.717, 1.165) is 15.1 Å². The number of rotatable bonds is 5. The van der Waals surface area contributed by atoms with Gasteiger partial charge in [0.1, 0.15) is 0 Å². The van der Waals surface area contributed by atoms with Gasteiger partial charge in [-0.05, 0) is 23.3 Å². The SMILES string of the molecule is O=C(Nc1cncc2ccccc12)C1CN(S(=O)(=O)CC2CC2(F)F)Cc2ccc(Cl)cc21. The van der Waals surface area contributed by atoms with Crippen LogP contribution in [0.2, 0.25) is 5.02 Å². The molecule has 0 radical (unpaired) electrons. The van der Waals surface area contributed by atoms with Crippen LogP contribution in [0.1, 0.15) is 23.5 Å². The van der Waals surface area contributed by atoms with Crippen molar-refractivity contribution in [2.75, 3.05) is 17.6 Å². The lowest BCUT2D eigenvalue weighted by Crippen LogP contribution is -2.43. The smallest absolute Gasteiger partial charge is 0.252 e. The van der Waals surface area contributed by atoms with E-state index in [4.69, 9.17) is 11.6 Å². The van der Waals surface area contributed by atoms with Crippen LogP contribution in [0.3, 0.4) is 0 Å². The standard InChI is InChI=1S/C23H20ClF2N3O3S/c24-17-6-5-15-11-29(33(31,32)13-16-8-23(16,25)26)12-20(19(15)7-17)22(30)28-21-10-27-9-14-3-1-2-4-18(14)21/h1-7,9-10,16,20H,8,11-13H2,(H,28,30). The lowest BCUT2D eigenvalue weighted by Gasteiger charge is -2.33. The topological polar surface area (TPSA) is 79.4 Å². The fourth-order valence-corrected chi connectivity index (χ4v) is 6.25. The first kappa shape index (κ1) is 22.2. The molecule has 3 aromatic rings. The molecule has 6 nitrogen and oxygen atoms in total. The van der Waals surface area contributed by atoms with Crippen LogP contribution in [0.4, 0.5) is 14.5 Å². The summed E-state index contributed by atoms with van der Waals surface area (Å²) >= 11 is 6.16. The summed E-state index contributed by atoms with van der Waals surface area (Å²) < 4.78 is 53.8. The average Bonchev–Trinajstić information content (AvgIpc) is 3.37. The first-order valence-corrected chi connectivity index (χ1v) is 12.4. The van der Waals surface area contributed by atoms with Crippen LogP contribution in [0.25, 0.3) is 10.8 Å². The summed E-state index contributed by atoms with van der Waals surface area (Å²) in [5.74, 6) is -6.03. The van der Waals surface area contributed by atoms with E-state index in [9.17, 15) is 22.0 Å². The second-order valence-electron chi connectivity index (χ2n) is 8.53. The van der Waals surface area contributed by atoms with Crippen molar-refractivity contribution in [3.05, 3.63) is 71.0 Å². The number of fused-ring (bicyclic) bond motifs is 2. The molecule has 1 N–H and O–H groups in total. The number of amides is 1. The minimum Gasteiger partial charge on any atom is -0.324 e. The molecular formula is C23H20ClF2N3O3S. The molecule has 5 rings (SSSR count). The summed E-state index contributed by atoms with van der Waals surface area (Å²) in [5.41, 5.74) is 1.74. The fourth-order valence-electron chi connectivity index (χ4n) is 4.27. The van der Waals surface area contributed by atoms with Crippen LogP contribution in [0.15, 0.2) is 54.9 Å². The molecule has 2 unspecified atom stereocenters. The molecule has 0 bridgehead atoms. The number of alkyl halides is 2. The number of nitrogens with zero attached hydrogens (tertiary/aromatic N) is 2. The van der Waals surface area contributed by atoms with Gasteiger partial charge in [0.05, 0.1) is 23.6 Å². The fraction of sp³-hybridized carbons (Fsp3) is 0.304. The molecule has 1 saturated carbocycles. The van der Waals surface area contributed by atoms with E-state index in [2.05, 4.69) is 10.3 Å². The molecule has 2 aliphatic rings. The van der Waals surface area contributed by atoms with Gasteiger partial charge in [0.15, 0.2) is 0 Å². The van der Waals surface area contributed by atoms with Crippen LogP contribution in [0, 0.1) is 5.92 Å². The minimum atomic E-state index is -3.99. The molecule has 2 heterocycles. The quantitative estimate of drug-likeness (QED) is 0.573. The highest BCUT2D eigenvalue weighted by Crippen LogP contribution is 2.49. The van der Waals surface area contributed by atoms with E-state index in [1.54, 1.807) is 24.4 Å². The Morgan fingerprint density at radius 1 is 1.21 bits per heavy atom. The number of sulfonamides is 1. The van der Waals surface area contributed by atoms with Crippen LogP contribution < -0.4 is 5.32 Å². The summed E-state index contributed by atoms with van der Waals surface area (Å²) in [4.78, 5) is 17.5. The normalized spacial score (nSPS) is 22.0. The number of carbonyl (C=O) groups excluding carboxylic acids is 1. The summed E-state index contributed by atoms with van der Waals surface area (Å²) in [6.45, 7) is -0.148. The molecule has 0 saturated heterocycles. The Hall–Kier alpha value is -2.62. The van der Waals surface area contributed by atoms with E-state index in [1.807, 2.05) is 24.3 Å². The number of aromatic nitrogens is 1. The van der Waals surface area contributed by atoms with Gasteiger partial charge in [0, 0.05) is 47.4 Å². The van der Waals surface area contributed by atoms with Gasteiger partial charge >= 0.3 is 0 Å². The van der Waals surface area contributed by atoms with Crippen LogP contribution in [0.5, 0.6) is 0 Å². The molecule has 10 heteroatoms. The second-order valence-corrected chi connectivity index (χ2v) is 11.0. The van der Waals surface area contributed by atoms with Crippen molar-refractivity contribution in [3.63, 3.8) is 0 Å². The molecule has 33 heavy (non-hydrogen) atoms. The number of benzene rings is 2. The Morgan fingerprint density at radius 3 is 2.73 bits per heavy atom. The van der Waals surface area contributed by atoms with Gasteiger partial charge in [-0.15, -0.1) is 0 Å². The third-order valence-corrected chi connectivity index (χ3v) is 8.34. The Kier molecular flexibility index (Phi) is 5.38. The predicted molar refractivity (Wildman–Crippen MR) is 122 cm³/mol. The van der Waals surface area contributed by atoms with Crippen molar-refractivity contribution >= 4 is 44.0 Å². The number of halogens is 3. The van der Waals surface area contributed by atoms with Crippen molar-refractivity contribution in [2.45, 2.75) is 24.8 Å². The molecule has 1 aromatic heterocycles. The van der Waals surface area contributed by atoms with E-state index in [1.165, 1.54) is 6.20 Å². The summed E-state index contributed by atoms with van der Waals surface area (Å²) in [5, 5.41) is 4.93. The van der Waals surface area contributed by atoms with Crippen LogP contribution >= 0.6 is 11.6 Å². The predicted octanol–water partition coefficient (Wildman–Crippen LogP) is 4.41. The molecule has 2 aromatic carbocycles. The van der Waals surface area contributed by atoms with Crippen molar-refractivity contribution in [2.24, 2.45) is 5.92 Å². The third-order valence-electron chi connectivity index (χ3n) is 6.22. The van der Waals surface area contributed by atoms with Crippen molar-refractivity contribution in [1.29, 1.82) is 0 Å². The number of nitrogens with one attached hydrogen (secondary N) is 1. The summed E-state index contributed by atoms with van der Waals surface area (Å²) in [6, 6.07) is 12.4. The zero-order chi connectivity index (χ0) is 23.4. The number of hydrogen-bond acceptors (Lipinski definition) is 4. The van der Waals surface area contributed by atoms with E-state index >= 15 is 0 Å². The van der Waals surface area contributed by atoms with Crippen molar-refractivity contribution in [3.8, 4) is 0 Å². The molecule has 1 aliphatic carbocycles. The average molecular weight is 492 g/mol. The van der Waals surface area contributed by atoms with Gasteiger partial charge in [-0.2, -0.15) is 4.31 Å². The van der Waals surface area contributed by atoms with Gasteiger partial charge in [-0.25, -0.2) is 17.2 Å². The highest BCUT2D eigenvalue weighted by molar-refractivity contribution is 7.89. The maximum Gasteiger partial charge on any atom is 0.252 e. The minimum absolute atomic E-state index is 0.00668. The zero-order valence-corrected chi connectivity index (χ0v) is 18.9. The second kappa shape index (κ2) is 8.00. The maximum absolute atomic E-state index is 13.4. The van der Waals surface area contributed by atoms with Gasteiger partial charge < -0.3 is 5.32 Å². The van der Waals surface area contributed by atoms with Gasteiger partial charge in [0.25, 0.3) is 5.92 Å². The lowest BCUT2D eigenvalue weighted by molar-refractivity contribution is -0.118. The first-order chi connectivity index (χ1) is 15.6. The highest BCUT2D eigenvalue weighted by atomic mass is 35.5. The van der Waals surface area contributed by atoms with Crippen LogP contribution in [-0.2, 0) is 21.4 Å². The molecular weight excluding hydrogens is 472 g/mol. The zero-order valence-electron chi connectivity index (χ0n) is 17.3. The van der Waals surface area contributed by atoms with Gasteiger partial charge in [0.2, 0.25) is 15.9 Å². The Labute approximate surface area is 194 Å². The molecule has 172 valence electrons. The Balaban J connectivity index is 1.46. The third kappa shape index (κ3) is 4.32. The maximum atomic E-state index is 13.4. The van der Waals surface area contributed by atoms with Gasteiger partial charge in [-0.1, -0.05) is 41.9 Å². The Bertz CT molecular complexity index is 1360. The number of carbonyl (C=O) groups is 1. The summed E-state index contributed by atoms with van der Waals surface area (Å²) in [7, 11) is -3.99. The Morgan fingerprint density at radius 2 is 1.97 bits per heavy atom. The number of pyridine rings is 1. The number of anilines is 1. The summed E-state index contributed by atoms with van der Waals surface area (Å²) in [6.07, 6.45) is 2.79. The van der Waals surface area contributed by atoms with E-state index in [-0.39, 0.29) is 13.1 Å². The van der Waals surface area contributed by atoms with E-state index < -0.39 is 45.9 Å². The largest absolute Gasteiger partial charge is 0.324 e. The molecule has 0 spiro atoms. The number of hydrogen-bond donors (Lipinski definition) is 1. The molecule has 1 amide bonds. The monoisotopic (exact) mass is 491 g/mol. The van der Waals surface area contributed by atoms with E-state index in [0.29, 0.717) is 21.8 Å². The van der Waals surface area contributed by atoms with Crippen molar-refractivity contribution < 1.29 is 22.0 Å². The highest BCUT2D eigenvalue weighted by Gasteiger charge is 2.59.